The standard InChI is InChI=1S/C18H17Cl2N3O/c1-11-3-5-13(6-4-11)22-18(24)10-23-9-12(2)21-16-7-14(19)15(20)8-17(16)23/h3-8H,9-10H2,1-2H3,(H,22,24). The monoisotopic (exact) mass is 361 g/mol. The van der Waals surface area contributed by atoms with E-state index in [1.807, 2.05) is 43.0 Å². The first-order valence-corrected chi connectivity index (χ1v) is 8.32. The molecule has 0 spiro atoms. The summed E-state index contributed by atoms with van der Waals surface area (Å²) in [4.78, 5) is 18.8. The second-order valence-electron chi connectivity index (χ2n) is 5.87. The first-order chi connectivity index (χ1) is 11.4. The minimum atomic E-state index is -0.0921. The van der Waals surface area contributed by atoms with Crippen LogP contribution < -0.4 is 10.2 Å². The van der Waals surface area contributed by atoms with Crippen molar-refractivity contribution in [1.82, 2.24) is 0 Å². The minimum Gasteiger partial charge on any atom is -0.355 e. The van der Waals surface area contributed by atoms with E-state index in [2.05, 4.69) is 10.3 Å². The maximum Gasteiger partial charge on any atom is 0.243 e. The molecule has 0 atom stereocenters. The molecule has 0 fully saturated rings. The van der Waals surface area contributed by atoms with Crippen LogP contribution in [0.3, 0.4) is 0 Å². The molecule has 1 N–H and O–H groups in total. The van der Waals surface area contributed by atoms with Crippen LogP contribution in [0.4, 0.5) is 17.1 Å². The van der Waals surface area contributed by atoms with Gasteiger partial charge in [-0.15, -0.1) is 0 Å². The average Bonchev–Trinajstić information content (AvgIpc) is 2.51. The fraction of sp³-hybridized carbons (Fsp3) is 0.222. The number of hydrogen-bond acceptors (Lipinski definition) is 3. The molecule has 0 aromatic heterocycles. The van der Waals surface area contributed by atoms with Crippen LogP contribution >= 0.6 is 23.2 Å². The third kappa shape index (κ3) is 3.71. The number of amides is 1. The van der Waals surface area contributed by atoms with Gasteiger partial charge < -0.3 is 10.2 Å². The zero-order valence-corrected chi connectivity index (χ0v) is 14.9. The van der Waals surface area contributed by atoms with Gasteiger partial charge in [-0.05, 0) is 38.1 Å². The van der Waals surface area contributed by atoms with Crippen LogP contribution in [-0.4, -0.2) is 24.7 Å². The molecule has 1 aliphatic heterocycles. The van der Waals surface area contributed by atoms with E-state index in [1.165, 1.54) is 0 Å². The number of nitrogens with zero attached hydrogens (tertiary/aromatic N) is 2. The smallest absolute Gasteiger partial charge is 0.243 e. The normalized spacial score (nSPS) is 13.3. The lowest BCUT2D eigenvalue weighted by molar-refractivity contribution is -0.114. The zero-order valence-electron chi connectivity index (χ0n) is 13.4. The Kier molecular flexibility index (Phi) is 4.78. The molecule has 2 aromatic carbocycles. The van der Waals surface area contributed by atoms with E-state index in [0.29, 0.717) is 16.6 Å². The van der Waals surface area contributed by atoms with Gasteiger partial charge in [0.15, 0.2) is 0 Å². The molecule has 1 aliphatic rings. The van der Waals surface area contributed by atoms with Crippen molar-refractivity contribution in [2.75, 3.05) is 23.3 Å². The third-order valence-corrected chi connectivity index (χ3v) is 4.48. The number of benzene rings is 2. The number of aliphatic imine (C=N–C) groups is 1. The topological polar surface area (TPSA) is 44.7 Å². The number of aryl methyl sites for hydroxylation is 1. The maximum absolute atomic E-state index is 12.4. The lowest BCUT2D eigenvalue weighted by Gasteiger charge is -2.29. The van der Waals surface area contributed by atoms with Crippen LogP contribution in [0.5, 0.6) is 0 Å². The number of nitrogens with one attached hydrogen (secondary N) is 1. The van der Waals surface area contributed by atoms with Crippen molar-refractivity contribution in [1.29, 1.82) is 0 Å². The lowest BCUT2D eigenvalue weighted by Crippen LogP contribution is -2.38. The van der Waals surface area contributed by atoms with Crippen molar-refractivity contribution < 1.29 is 4.79 Å². The number of fused-ring (bicyclic) bond motifs is 1. The highest BCUT2D eigenvalue weighted by Crippen LogP contribution is 2.38. The Balaban J connectivity index is 1.78. The highest BCUT2D eigenvalue weighted by atomic mass is 35.5. The van der Waals surface area contributed by atoms with Gasteiger partial charge in [-0.3, -0.25) is 9.79 Å². The average molecular weight is 362 g/mol. The molecule has 0 bridgehead atoms. The van der Waals surface area contributed by atoms with Crippen LogP contribution in [0.1, 0.15) is 12.5 Å². The number of hydrogen-bond donors (Lipinski definition) is 1. The number of rotatable bonds is 3. The Bertz CT molecular complexity index is 816. The molecular formula is C18H17Cl2N3O. The summed E-state index contributed by atoms with van der Waals surface area (Å²) in [5.41, 5.74) is 4.40. The van der Waals surface area contributed by atoms with Crippen LogP contribution in [0.2, 0.25) is 10.0 Å². The lowest BCUT2D eigenvalue weighted by atomic mass is 10.1. The fourth-order valence-electron chi connectivity index (χ4n) is 2.62. The fourth-order valence-corrected chi connectivity index (χ4v) is 2.94. The Hall–Kier alpha value is -2.04. The van der Waals surface area contributed by atoms with Crippen LogP contribution in [0, 0.1) is 6.92 Å². The van der Waals surface area contributed by atoms with Gasteiger partial charge in [-0.1, -0.05) is 40.9 Å². The van der Waals surface area contributed by atoms with E-state index < -0.39 is 0 Å². The highest BCUT2D eigenvalue weighted by Gasteiger charge is 2.21. The molecule has 4 nitrogen and oxygen atoms in total. The molecule has 3 rings (SSSR count). The molecule has 0 radical (unpaired) electrons. The van der Waals surface area contributed by atoms with Crippen LogP contribution in [-0.2, 0) is 4.79 Å². The molecule has 2 aromatic rings. The van der Waals surface area contributed by atoms with Crippen molar-refractivity contribution in [2.24, 2.45) is 4.99 Å². The van der Waals surface area contributed by atoms with Gasteiger partial charge in [0.05, 0.1) is 34.5 Å². The molecule has 0 saturated heterocycles. The molecule has 124 valence electrons. The number of halogens is 2. The minimum absolute atomic E-state index is 0.0921. The molecule has 24 heavy (non-hydrogen) atoms. The van der Waals surface area contributed by atoms with Gasteiger partial charge in [0.1, 0.15) is 0 Å². The largest absolute Gasteiger partial charge is 0.355 e. The summed E-state index contributed by atoms with van der Waals surface area (Å²) >= 11 is 12.2. The Morgan fingerprint density at radius 3 is 2.54 bits per heavy atom. The van der Waals surface area contributed by atoms with Crippen molar-refractivity contribution in [2.45, 2.75) is 13.8 Å². The molecule has 1 amide bonds. The first-order valence-electron chi connectivity index (χ1n) is 7.57. The zero-order chi connectivity index (χ0) is 17.3. The van der Waals surface area contributed by atoms with E-state index in [9.17, 15) is 4.79 Å². The first kappa shape index (κ1) is 16.8. The molecule has 1 heterocycles. The van der Waals surface area contributed by atoms with Crippen molar-refractivity contribution in [3.05, 3.63) is 52.0 Å². The summed E-state index contributed by atoms with van der Waals surface area (Å²) in [7, 11) is 0. The summed E-state index contributed by atoms with van der Waals surface area (Å²) < 4.78 is 0. The predicted molar refractivity (Wildman–Crippen MR) is 101 cm³/mol. The molecular weight excluding hydrogens is 345 g/mol. The van der Waals surface area contributed by atoms with E-state index >= 15 is 0 Å². The molecule has 0 aliphatic carbocycles. The Morgan fingerprint density at radius 1 is 1.17 bits per heavy atom. The Morgan fingerprint density at radius 2 is 1.83 bits per heavy atom. The highest BCUT2D eigenvalue weighted by molar-refractivity contribution is 6.42. The van der Waals surface area contributed by atoms with Crippen LogP contribution in [0.15, 0.2) is 41.4 Å². The van der Waals surface area contributed by atoms with Gasteiger partial charge >= 0.3 is 0 Å². The van der Waals surface area contributed by atoms with Crippen molar-refractivity contribution in [3.8, 4) is 0 Å². The third-order valence-electron chi connectivity index (χ3n) is 3.76. The van der Waals surface area contributed by atoms with E-state index in [1.54, 1.807) is 12.1 Å². The van der Waals surface area contributed by atoms with Gasteiger partial charge in [0.25, 0.3) is 0 Å². The quantitative estimate of drug-likeness (QED) is 0.848. The molecule has 0 unspecified atom stereocenters. The van der Waals surface area contributed by atoms with Gasteiger partial charge in [-0.2, -0.15) is 0 Å². The number of carbonyl (C=O) groups is 1. The van der Waals surface area contributed by atoms with E-state index in [-0.39, 0.29) is 12.5 Å². The summed E-state index contributed by atoms with van der Waals surface area (Å²) in [5.74, 6) is -0.0921. The summed E-state index contributed by atoms with van der Waals surface area (Å²) in [6, 6.07) is 11.2. The summed E-state index contributed by atoms with van der Waals surface area (Å²) in [5, 5.41) is 3.82. The second kappa shape index (κ2) is 6.83. The molecule has 6 heteroatoms. The van der Waals surface area contributed by atoms with Crippen molar-refractivity contribution in [3.63, 3.8) is 0 Å². The van der Waals surface area contributed by atoms with E-state index in [4.69, 9.17) is 23.2 Å². The molecule has 0 saturated carbocycles. The number of anilines is 2. The number of carbonyl (C=O) groups excluding carboxylic acids is 1. The van der Waals surface area contributed by atoms with Gasteiger partial charge in [0, 0.05) is 11.4 Å². The summed E-state index contributed by atoms with van der Waals surface area (Å²) in [6.45, 7) is 4.72. The Labute approximate surface area is 151 Å². The van der Waals surface area contributed by atoms with Gasteiger partial charge in [-0.25, -0.2) is 0 Å². The maximum atomic E-state index is 12.4. The van der Waals surface area contributed by atoms with Crippen molar-refractivity contribution >= 4 is 51.9 Å². The second-order valence-corrected chi connectivity index (χ2v) is 6.69. The SMILES string of the molecule is CC1=Nc2cc(Cl)c(Cl)cc2N(CC(=O)Nc2ccc(C)cc2)C1. The predicted octanol–water partition coefficient (Wildman–Crippen LogP) is 4.85. The van der Waals surface area contributed by atoms with Crippen LogP contribution in [0.25, 0.3) is 0 Å². The summed E-state index contributed by atoms with van der Waals surface area (Å²) in [6.07, 6.45) is 0. The van der Waals surface area contributed by atoms with E-state index in [0.717, 1.165) is 28.3 Å². The van der Waals surface area contributed by atoms with Gasteiger partial charge in [0.2, 0.25) is 5.91 Å².